The van der Waals surface area contributed by atoms with Crippen LogP contribution in [0.3, 0.4) is 0 Å². The van der Waals surface area contributed by atoms with Crippen LogP contribution in [0.25, 0.3) is 0 Å². The predicted molar refractivity (Wildman–Crippen MR) is 111 cm³/mol. The number of carbonyl (C=O) groups is 2. The summed E-state index contributed by atoms with van der Waals surface area (Å²) in [5.74, 6) is 1.09. The fourth-order valence-corrected chi connectivity index (χ4v) is 6.52. The first-order valence-electron chi connectivity index (χ1n) is 10.5. The van der Waals surface area contributed by atoms with E-state index in [9.17, 15) is 9.59 Å². The average molecular weight is 412 g/mol. The Balaban J connectivity index is 1.28. The molecule has 0 spiro atoms. The fourth-order valence-electron chi connectivity index (χ4n) is 6.31. The normalized spacial score (nSPS) is 32.3. The Hall–Kier alpha value is -2.27. The van der Waals surface area contributed by atoms with Gasteiger partial charge in [0.1, 0.15) is 5.69 Å². The molecule has 4 fully saturated rings. The maximum absolute atomic E-state index is 12.9. The van der Waals surface area contributed by atoms with E-state index in [-0.39, 0.29) is 23.3 Å². The molecule has 0 aliphatic heterocycles. The maximum atomic E-state index is 12.9. The number of nitrogens with two attached hydrogens (primary N) is 1. The van der Waals surface area contributed by atoms with Crippen molar-refractivity contribution in [3.8, 4) is 0 Å². The molecule has 4 bridgehead atoms. The molecule has 1 aromatic heterocycles. The van der Waals surface area contributed by atoms with E-state index in [0.717, 1.165) is 48.4 Å². The van der Waals surface area contributed by atoms with Crippen LogP contribution in [0, 0.1) is 23.2 Å². The number of aromatic amines is 1. The average Bonchev–Trinajstić information content (AvgIpc) is 3.14. The molecule has 4 aliphatic rings. The van der Waals surface area contributed by atoms with Gasteiger partial charge in [-0.2, -0.15) is 0 Å². The van der Waals surface area contributed by atoms with Gasteiger partial charge in [0.2, 0.25) is 5.91 Å². The third-order valence-electron chi connectivity index (χ3n) is 7.42. The van der Waals surface area contributed by atoms with E-state index in [4.69, 9.17) is 17.3 Å². The number of nitrogens with one attached hydrogen (secondary N) is 2. The molecule has 2 atom stereocenters. The monoisotopic (exact) mass is 411 g/mol. The lowest BCUT2D eigenvalue weighted by Gasteiger charge is -2.58. The topological polar surface area (TPSA) is 88.0 Å². The highest BCUT2D eigenvalue weighted by Gasteiger charge is 2.58. The number of aromatic nitrogens is 1. The summed E-state index contributed by atoms with van der Waals surface area (Å²) in [6.07, 6.45) is 5.44. The molecule has 4 aliphatic carbocycles. The van der Waals surface area contributed by atoms with Crippen LogP contribution in [0.4, 0.5) is 0 Å². The van der Waals surface area contributed by atoms with Crippen molar-refractivity contribution >= 4 is 23.4 Å². The second kappa shape index (κ2) is 6.91. The molecule has 0 radical (unpaired) electrons. The van der Waals surface area contributed by atoms with Gasteiger partial charge >= 0.3 is 0 Å². The van der Waals surface area contributed by atoms with E-state index in [1.807, 2.05) is 36.4 Å². The van der Waals surface area contributed by atoms with E-state index >= 15 is 0 Å². The lowest BCUT2D eigenvalue weighted by Crippen LogP contribution is -2.62. The van der Waals surface area contributed by atoms with E-state index < -0.39 is 0 Å². The quantitative estimate of drug-likeness (QED) is 0.700. The number of carbonyl (C=O) groups excluding carboxylic acids is 2. The van der Waals surface area contributed by atoms with Gasteiger partial charge in [-0.1, -0.05) is 29.8 Å². The van der Waals surface area contributed by atoms with Crippen molar-refractivity contribution in [2.45, 2.75) is 44.6 Å². The highest BCUT2D eigenvalue weighted by Crippen LogP contribution is 2.59. The molecule has 5 nitrogen and oxygen atoms in total. The number of amides is 2. The number of hydrogen-bond donors (Lipinski definition) is 3. The molecule has 1 aromatic carbocycles. The van der Waals surface area contributed by atoms with Crippen molar-refractivity contribution < 1.29 is 9.59 Å². The van der Waals surface area contributed by atoms with Gasteiger partial charge in [-0.3, -0.25) is 9.59 Å². The van der Waals surface area contributed by atoms with Crippen LogP contribution < -0.4 is 11.1 Å². The minimum absolute atomic E-state index is 0.0685. The zero-order chi connectivity index (χ0) is 20.2. The second-order valence-corrected chi connectivity index (χ2v) is 9.69. The Kier molecular flexibility index (Phi) is 4.46. The number of hydrogen-bond acceptors (Lipinski definition) is 2. The zero-order valence-corrected chi connectivity index (χ0v) is 17.0. The highest BCUT2D eigenvalue weighted by atomic mass is 35.5. The third-order valence-corrected chi connectivity index (χ3v) is 7.79. The zero-order valence-electron chi connectivity index (χ0n) is 16.3. The number of H-pyrrole nitrogens is 1. The lowest BCUT2D eigenvalue weighted by atomic mass is 9.47. The van der Waals surface area contributed by atoms with Gasteiger partial charge in [0.15, 0.2) is 0 Å². The first kappa shape index (κ1) is 18.7. The van der Waals surface area contributed by atoms with Crippen LogP contribution in [0.2, 0.25) is 5.02 Å². The van der Waals surface area contributed by atoms with E-state index in [0.29, 0.717) is 29.9 Å². The van der Waals surface area contributed by atoms with E-state index in [2.05, 4.69) is 10.3 Å². The van der Waals surface area contributed by atoms with Crippen molar-refractivity contribution in [3.05, 3.63) is 58.4 Å². The summed E-state index contributed by atoms with van der Waals surface area (Å²) in [5.41, 5.74) is 8.00. The summed E-state index contributed by atoms with van der Waals surface area (Å²) in [7, 11) is 0. The van der Waals surface area contributed by atoms with Crippen LogP contribution in [0.5, 0.6) is 0 Å². The Labute approximate surface area is 175 Å². The number of benzene rings is 1. The molecule has 29 heavy (non-hydrogen) atoms. The molecule has 152 valence electrons. The van der Waals surface area contributed by atoms with Crippen LogP contribution in [-0.4, -0.2) is 22.8 Å². The molecule has 2 amide bonds. The standard InChI is InChI=1S/C23H26ClN3O2/c24-18-4-2-1-3-14(18)9-17-5-6-19(26-17)21(28)27-20-15-7-13-8-16(20)12-23(10-13,11-15)22(25)29/h1-6,13,15-16,20,26H,7-12H2,(H2,25,29)(H,27,28). The van der Waals surface area contributed by atoms with E-state index in [1.54, 1.807) is 0 Å². The van der Waals surface area contributed by atoms with Crippen molar-refractivity contribution in [2.24, 2.45) is 28.9 Å². The Bertz CT molecular complexity index is 953. The number of primary amides is 1. The second-order valence-electron chi connectivity index (χ2n) is 9.28. The van der Waals surface area contributed by atoms with Gasteiger partial charge < -0.3 is 16.0 Å². The van der Waals surface area contributed by atoms with Crippen molar-refractivity contribution in [3.63, 3.8) is 0 Å². The molecular formula is C23H26ClN3O2. The Morgan fingerprint density at radius 2 is 1.83 bits per heavy atom. The van der Waals surface area contributed by atoms with Crippen LogP contribution in [0.1, 0.15) is 53.8 Å². The summed E-state index contributed by atoms with van der Waals surface area (Å²) in [5, 5.41) is 4.00. The maximum Gasteiger partial charge on any atom is 0.267 e. The first-order chi connectivity index (χ1) is 13.9. The molecule has 6 rings (SSSR count). The van der Waals surface area contributed by atoms with Gasteiger partial charge in [-0.15, -0.1) is 0 Å². The molecular weight excluding hydrogens is 386 g/mol. The molecule has 1 heterocycles. The predicted octanol–water partition coefficient (Wildman–Crippen LogP) is 3.67. The molecule has 0 saturated heterocycles. The summed E-state index contributed by atoms with van der Waals surface area (Å²) in [6.45, 7) is 0. The molecule has 6 heteroatoms. The highest BCUT2D eigenvalue weighted by molar-refractivity contribution is 6.31. The van der Waals surface area contributed by atoms with Crippen LogP contribution in [-0.2, 0) is 11.2 Å². The van der Waals surface area contributed by atoms with Crippen molar-refractivity contribution in [1.29, 1.82) is 0 Å². The molecule has 4 saturated carbocycles. The summed E-state index contributed by atoms with van der Waals surface area (Å²) >= 11 is 6.25. The van der Waals surface area contributed by atoms with Crippen molar-refractivity contribution in [2.75, 3.05) is 0 Å². The smallest absolute Gasteiger partial charge is 0.267 e. The Morgan fingerprint density at radius 3 is 2.52 bits per heavy atom. The SMILES string of the molecule is NC(=O)C12CC3CC(C1)C(NC(=O)c1ccc(Cc4ccccc4Cl)[nH]1)C(C3)C2. The van der Waals surface area contributed by atoms with Gasteiger partial charge in [0.25, 0.3) is 5.91 Å². The van der Waals surface area contributed by atoms with E-state index in [1.165, 1.54) is 0 Å². The minimum atomic E-state index is -0.327. The molecule has 2 unspecified atom stereocenters. The third kappa shape index (κ3) is 3.25. The largest absolute Gasteiger partial charge is 0.369 e. The molecule has 4 N–H and O–H groups in total. The van der Waals surface area contributed by atoms with Crippen molar-refractivity contribution in [1.82, 2.24) is 10.3 Å². The van der Waals surface area contributed by atoms with Gasteiger partial charge in [-0.25, -0.2) is 0 Å². The number of rotatable bonds is 5. The lowest BCUT2D eigenvalue weighted by molar-refractivity contribution is -0.145. The van der Waals surface area contributed by atoms with Gasteiger partial charge in [-0.05, 0) is 73.6 Å². The van der Waals surface area contributed by atoms with Gasteiger partial charge in [0.05, 0.1) is 0 Å². The van der Waals surface area contributed by atoms with Crippen LogP contribution in [0.15, 0.2) is 36.4 Å². The van der Waals surface area contributed by atoms with Crippen LogP contribution >= 0.6 is 11.6 Å². The summed E-state index contributed by atoms with van der Waals surface area (Å²) < 4.78 is 0. The fraction of sp³-hybridized carbons (Fsp3) is 0.478. The summed E-state index contributed by atoms with van der Waals surface area (Å²) in [6, 6.07) is 11.7. The Morgan fingerprint density at radius 1 is 1.10 bits per heavy atom. The van der Waals surface area contributed by atoms with Gasteiger partial charge in [0, 0.05) is 28.6 Å². The summed E-state index contributed by atoms with van der Waals surface area (Å²) in [4.78, 5) is 28.3. The first-order valence-corrected chi connectivity index (χ1v) is 10.8. The number of halogens is 1. The molecule has 2 aromatic rings. The minimum Gasteiger partial charge on any atom is -0.369 e.